The molecule has 2 heterocycles. The molecule has 59 heavy (non-hydrogen) atoms. The quantitative estimate of drug-likeness (QED) is 0.0804. The lowest BCUT2D eigenvalue weighted by atomic mass is 9.78. The van der Waals surface area contributed by atoms with E-state index in [1.54, 1.807) is 0 Å². The van der Waals surface area contributed by atoms with Gasteiger partial charge < -0.3 is 4.90 Å². The van der Waals surface area contributed by atoms with Gasteiger partial charge in [0.15, 0.2) is 5.71 Å². The zero-order valence-electron chi connectivity index (χ0n) is 37.1. The van der Waals surface area contributed by atoms with Crippen LogP contribution >= 0.6 is 0 Å². The van der Waals surface area contributed by atoms with Gasteiger partial charge in [0.1, 0.15) is 6.54 Å². The van der Waals surface area contributed by atoms with Crippen LogP contribution in [0.15, 0.2) is 138 Å². The minimum absolute atomic E-state index is 0.117. The van der Waals surface area contributed by atoms with Crippen molar-refractivity contribution < 1.29 is 4.58 Å². The van der Waals surface area contributed by atoms with Crippen molar-refractivity contribution in [1.29, 1.82) is 0 Å². The first-order chi connectivity index (χ1) is 28.7. The predicted octanol–water partition coefficient (Wildman–Crippen LogP) is 15.5. The van der Waals surface area contributed by atoms with Crippen LogP contribution < -0.4 is 4.90 Å². The molecule has 0 N–H and O–H groups in total. The number of benzene rings is 5. The Hall–Kier alpha value is -4.95. The first kappa shape index (κ1) is 40.8. The molecule has 0 saturated carbocycles. The van der Waals surface area contributed by atoms with Crippen LogP contribution in [0.5, 0.6) is 0 Å². The lowest BCUT2D eigenvalue weighted by molar-refractivity contribution is -0.438. The average molecular weight is 780 g/mol. The highest BCUT2D eigenvalue weighted by Gasteiger charge is 2.45. The maximum absolute atomic E-state index is 2.64. The molecule has 0 aromatic heterocycles. The van der Waals surface area contributed by atoms with Crippen molar-refractivity contribution in [2.45, 2.75) is 130 Å². The Labute approximate surface area is 355 Å². The molecule has 0 bridgehead atoms. The van der Waals surface area contributed by atoms with Crippen molar-refractivity contribution >= 4 is 44.2 Å². The Balaban J connectivity index is 1.25. The van der Waals surface area contributed by atoms with Crippen molar-refractivity contribution in [1.82, 2.24) is 0 Å². The highest BCUT2D eigenvalue weighted by molar-refractivity contribution is 6.08. The number of unbranched alkanes of at least 4 members (excludes halogenated alkanes) is 4. The number of nitrogens with zero attached hydrogens (tertiary/aromatic N) is 2. The number of hydrogen-bond donors (Lipinski definition) is 0. The zero-order chi connectivity index (χ0) is 41.1. The summed E-state index contributed by atoms with van der Waals surface area (Å²) in [6.45, 7) is 18.8. The minimum atomic E-state index is -0.117. The molecule has 2 heteroatoms. The monoisotopic (exact) mass is 780 g/mol. The third kappa shape index (κ3) is 7.69. The smallest absolute Gasteiger partial charge is 0.210 e. The normalized spacial score (nSPS) is 18.7. The van der Waals surface area contributed by atoms with Crippen LogP contribution in [-0.4, -0.2) is 23.4 Å². The van der Waals surface area contributed by atoms with E-state index in [4.69, 9.17) is 0 Å². The Morgan fingerprint density at radius 3 is 2.02 bits per heavy atom. The molecular formula is C57H67N2+. The van der Waals surface area contributed by atoms with Gasteiger partial charge in [-0.15, -0.1) is 0 Å². The van der Waals surface area contributed by atoms with Gasteiger partial charge in [-0.1, -0.05) is 151 Å². The molecule has 0 atom stereocenters. The average Bonchev–Trinajstić information content (AvgIpc) is 3.61. The fourth-order valence-electron chi connectivity index (χ4n) is 10.6. The molecule has 0 radical (unpaired) electrons. The van der Waals surface area contributed by atoms with Gasteiger partial charge in [-0.25, -0.2) is 0 Å². The molecule has 2 nitrogen and oxygen atoms in total. The second kappa shape index (κ2) is 17.3. The summed E-state index contributed by atoms with van der Waals surface area (Å²) in [5, 5.41) is 5.42. The Kier molecular flexibility index (Phi) is 12.0. The SMILES string of the molecule is CCCCCc1ccc(C2=C(/C=C/C3=[N+](CCCC)c4ccc5ccccc5c4C3(C)C)CCC/C2=C\C=C2/N(CCCC)c3ccc4ccccc4c3C2(C)C)cc1. The van der Waals surface area contributed by atoms with E-state index in [0.717, 1.165) is 38.8 Å². The molecular weight excluding hydrogens is 713 g/mol. The molecule has 5 aromatic rings. The van der Waals surface area contributed by atoms with E-state index < -0.39 is 0 Å². The molecule has 3 aliphatic rings. The van der Waals surface area contributed by atoms with Crippen LogP contribution in [0.3, 0.4) is 0 Å². The van der Waals surface area contributed by atoms with Gasteiger partial charge in [0, 0.05) is 47.5 Å². The van der Waals surface area contributed by atoms with Gasteiger partial charge in [0.2, 0.25) is 5.69 Å². The Bertz CT molecular complexity index is 2500. The second-order valence-corrected chi connectivity index (χ2v) is 18.5. The molecule has 5 aromatic carbocycles. The van der Waals surface area contributed by atoms with E-state index in [-0.39, 0.29) is 10.8 Å². The van der Waals surface area contributed by atoms with Crippen LogP contribution in [0, 0.1) is 0 Å². The highest BCUT2D eigenvalue weighted by Crippen LogP contribution is 2.51. The van der Waals surface area contributed by atoms with E-state index in [0.29, 0.717) is 0 Å². The standard InChI is InChI=1S/C57H67N2/c1-8-11-14-20-41-27-29-46(30-28-41)53-44(33-37-51-56(4,5)54-47-25-17-15-21-42(47)31-35-49(54)58(51)39-12-9-2)23-19-24-45(53)34-38-52-57(6,7)55-48-26-18-16-22-43(48)32-36-50(55)59(52)40-13-10-3/h15-18,21-22,25-38H,8-14,19-20,23-24,39-40H2,1-7H3/q+1. The van der Waals surface area contributed by atoms with Crippen molar-refractivity contribution in [3.63, 3.8) is 0 Å². The number of anilines is 1. The number of aryl methyl sites for hydroxylation is 1. The summed E-state index contributed by atoms with van der Waals surface area (Å²) in [5.41, 5.74) is 15.4. The molecule has 2 aliphatic heterocycles. The van der Waals surface area contributed by atoms with Gasteiger partial charge in [0.25, 0.3) is 0 Å². The first-order valence-electron chi connectivity index (χ1n) is 23.1. The van der Waals surface area contributed by atoms with Crippen molar-refractivity contribution in [3.8, 4) is 0 Å². The summed E-state index contributed by atoms with van der Waals surface area (Å²) >= 11 is 0. The molecule has 1 aliphatic carbocycles. The first-order valence-corrected chi connectivity index (χ1v) is 23.1. The predicted molar refractivity (Wildman–Crippen MR) is 257 cm³/mol. The van der Waals surface area contributed by atoms with E-state index in [2.05, 4.69) is 179 Å². The summed E-state index contributed by atoms with van der Waals surface area (Å²) in [5.74, 6) is 0. The third-order valence-corrected chi connectivity index (χ3v) is 13.7. The molecule has 0 saturated heterocycles. The fraction of sp³-hybridized carbons (Fsp3) is 0.386. The van der Waals surface area contributed by atoms with Crippen molar-refractivity contribution in [3.05, 3.63) is 160 Å². The van der Waals surface area contributed by atoms with E-state index in [1.165, 1.54) is 128 Å². The maximum Gasteiger partial charge on any atom is 0.210 e. The molecule has 0 unspecified atom stereocenters. The zero-order valence-corrected chi connectivity index (χ0v) is 37.1. The van der Waals surface area contributed by atoms with Gasteiger partial charge in [-0.2, -0.15) is 4.58 Å². The lowest BCUT2D eigenvalue weighted by Gasteiger charge is -2.28. The van der Waals surface area contributed by atoms with Gasteiger partial charge in [-0.05, 0) is 126 Å². The Morgan fingerprint density at radius 1 is 0.627 bits per heavy atom. The number of hydrogen-bond acceptors (Lipinski definition) is 1. The van der Waals surface area contributed by atoms with Gasteiger partial charge in [0.05, 0.1) is 5.41 Å². The molecule has 0 amide bonds. The molecule has 0 fully saturated rings. The summed E-state index contributed by atoms with van der Waals surface area (Å²) in [7, 11) is 0. The molecule has 8 rings (SSSR count). The van der Waals surface area contributed by atoms with Crippen LogP contribution in [0.25, 0.3) is 27.1 Å². The van der Waals surface area contributed by atoms with Crippen LogP contribution in [-0.2, 0) is 17.3 Å². The maximum atomic E-state index is 2.64. The van der Waals surface area contributed by atoms with E-state index in [1.807, 2.05) is 0 Å². The highest BCUT2D eigenvalue weighted by atomic mass is 15.2. The van der Waals surface area contributed by atoms with Gasteiger partial charge in [-0.3, -0.25) is 0 Å². The lowest BCUT2D eigenvalue weighted by Crippen LogP contribution is -2.28. The molecule has 304 valence electrons. The van der Waals surface area contributed by atoms with E-state index in [9.17, 15) is 0 Å². The van der Waals surface area contributed by atoms with Crippen LogP contribution in [0.1, 0.15) is 135 Å². The summed E-state index contributed by atoms with van der Waals surface area (Å²) < 4.78 is 2.64. The largest absolute Gasteiger partial charge is 0.344 e. The van der Waals surface area contributed by atoms with Crippen molar-refractivity contribution in [2.75, 3.05) is 18.0 Å². The number of allylic oxidation sites excluding steroid dienone is 8. The summed E-state index contributed by atoms with van der Waals surface area (Å²) in [6, 6.07) is 37.0. The van der Waals surface area contributed by atoms with Gasteiger partial charge >= 0.3 is 0 Å². The van der Waals surface area contributed by atoms with Crippen molar-refractivity contribution in [2.24, 2.45) is 0 Å². The molecule has 0 spiro atoms. The summed E-state index contributed by atoms with van der Waals surface area (Å²) in [6.07, 6.45) is 23.0. The number of rotatable bonds is 14. The van der Waals surface area contributed by atoms with Crippen LogP contribution in [0.2, 0.25) is 0 Å². The van der Waals surface area contributed by atoms with E-state index >= 15 is 0 Å². The number of fused-ring (bicyclic) bond motifs is 6. The topological polar surface area (TPSA) is 6.25 Å². The minimum Gasteiger partial charge on any atom is -0.344 e. The Morgan fingerprint density at radius 2 is 1.31 bits per heavy atom. The summed E-state index contributed by atoms with van der Waals surface area (Å²) in [4.78, 5) is 2.64. The third-order valence-electron chi connectivity index (χ3n) is 13.7. The fourth-order valence-corrected chi connectivity index (χ4v) is 10.6. The van der Waals surface area contributed by atoms with Crippen LogP contribution in [0.4, 0.5) is 11.4 Å². The second-order valence-electron chi connectivity index (χ2n) is 18.5.